The van der Waals surface area contributed by atoms with Crippen LogP contribution in [0.4, 0.5) is 11.5 Å². The number of hydrogen-bond acceptors (Lipinski definition) is 5. The maximum atomic E-state index is 4.52. The van der Waals surface area contributed by atoms with Crippen LogP contribution in [0.5, 0.6) is 0 Å². The third-order valence-electron chi connectivity index (χ3n) is 3.89. The van der Waals surface area contributed by atoms with Crippen molar-refractivity contribution in [1.82, 2.24) is 15.8 Å². The lowest BCUT2D eigenvalue weighted by Crippen LogP contribution is -2.39. The van der Waals surface area contributed by atoms with Crippen LogP contribution >= 0.6 is 0 Å². The first-order chi connectivity index (χ1) is 11.7. The summed E-state index contributed by atoms with van der Waals surface area (Å²) in [5.74, 6) is 1.32. The number of nitrogens with one attached hydrogen (secondary N) is 4. The first kappa shape index (κ1) is 14.3. The van der Waals surface area contributed by atoms with E-state index in [-0.39, 0.29) is 0 Å². The van der Waals surface area contributed by atoms with Gasteiger partial charge in [0.25, 0.3) is 0 Å². The zero-order valence-electron chi connectivity index (χ0n) is 13.5. The summed E-state index contributed by atoms with van der Waals surface area (Å²) in [5, 5.41) is 5.34. The summed E-state index contributed by atoms with van der Waals surface area (Å²) in [6.07, 6.45) is 1.77. The molecule has 0 saturated carbocycles. The summed E-state index contributed by atoms with van der Waals surface area (Å²) < 4.78 is 0. The lowest BCUT2D eigenvalue weighted by Gasteiger charge is -2.16. The second-order valence-corrected chi connectivity index (χ2v) is 5.89. The highest BCUT2D eigenvalue weighted by atomic mass is 15.5. The molecule has 2 heterocycles. The molecule has 0 atom stereocenters. The quantitative estimate of drug-likeness (QED) is 0.432. The molecule has 0 radical (unpaired) electrons. The summed E-state index contributed by atoms with van der Waals surface area (Å²) in [6, 6.07) is 14.4. The fourth-order valence-electron chi connectivity index (χ4n) is 2.73. The van der Waals surface area contributed by atoms with Crippen molar-refractivity contribution in [3.63, 3.8) is 0 Å². The first-order valence-electron chi connectivity index (χ1n) is 7.78. The molecule has 2 aromatic carbocycles. The molecule has 1 aromatic heterocycles. The van der Waals surface area contributed by atoms with Gasteiger partial charge in [-0.15, -0.1) is 0 Å². The number of benzene rings is 2. The Balaban J connectivity index is 1.56. The number of hydrazine groups is 1. The lowest BCUT2D eigenvalue weighted by atomic mass is 10.1. The van der Waals surface area contributed by atoms with Crippen LogP contribution in [0.1, 0.15) is 16.7 Å². The van der Waals surface area contributed by atoms with E-state index in [9.17, 15) is 0 Å². The standard InChI is InChI=1S/C18H18N6/c1-11-4-3-5-13(8-11)10-19-23-18-21-17-16(22-24-18)14-9-12(2)6-7-15(14)20-17/h3-10,20,22H,1-2H3,(H2,21,23,24)/b19-10+. The molecule has 0 fully saturated rings. The number of hydrogen-bond donors (Lipinski definition) is 4. The van der Waals surface area contributed by atoms with Crippen LogP contribution in [0, 0.1) is 13.8 Å². The summed E-state index contributed by atoms with van der Waals surface area (Å²) in [6.45, 7) is 4.13. The van der Waals surface area contributed by atoms with E-state index < -0.39 is 0 Å². The van der Waals surface area contributed by atoms with E-state index in [0.717, 1.165) is 28.0 Å². The van der Waals surface area contributed by atoms with Gasteiger partial charge in [-0.25, -0.2) is 5.43 Å². The lowest BCUT2D eigenvalue weighted by molar-refractivity contribution is 0.926. The molecule has 1 aliphatic heterocycles. The molecule has 3 aromatic rings. The molecule has 0 amide bonds. The van der Waals surface area contributed by atoms with E-state index in [4.69, 9.17) is 0 Å². The van der Waals surface area contributed by atoms with Crippen LogP contribution < -0.4 is 16.3 Å². The summed E-state index contributed by atoms with van der Waals surface area (Å²) in [7, 11) is 0. The molecule has 6 nitrogen and oxygen atoms in total. The molecule has 4 N–H and O–H groups in total. The molecule has 6 heteroatoms. The van der Waals surface area contributed by atoms with Crippen LogP contribution in [0.2, 0.25) is 0 Å². The predicted octanol–water partition coefficient (Wildman–Crippen LogP) is 3.33. The first-order valence-corrected chi connectivity index (χ1v) is 7.78. The zero-order chi connectivity index (χ0) is 16.5. The van der Waals surface area contributed by atoms with Gasteiger partial charge in [-0.05, 0) is 31.5 Å². The molecular weight excluding hydrogens is 300 g/mol. The number of rotatable bonds is 2. The minimum absolute atomic E-state index is 0.537. The Hall–Kier alpha value is -3.28. The fourth-order valence-corrected chi connectivity index (χ4v) is 2.73. The zero-order valence-corrected chi connectivity index (χ0v) is 13.5. The number of anilines is 1. The van der Waals surface area contributed by atoms with Crippen molar-refractivity contribution < 1.29 is 0 Å². The Kier molecular flexibility index (Phi) is 3.42. The Morgan fingerprint density at radius 2 is 1.92 bits per heavy atom. The molecule has 0 unspecified atom stereocenters. The van der Waals surface area contributed by atoms with Crippen molar-refractivity contribution >= 4 is 34.6 Å². The van der Waals surface area contributed by atoms with E-state index in [1.54, 1.807) is 6.21 Å². The highest BCUT2D eigenvalue weighted by Crippen LogP contribution is 2.34. The van der Waals surface area contributed by atoms with Gasteiger partial charge in [0.2, 0.25) is 5.96 Å². The number of nitrogens with zero attached hydrogens (tertiary/aromatic N) is 2. The minimum Gasteiger partial charge on any atom is -0.338 e. The second-order valence-electron chi connectivity index (χ2n) is 5.89. The van der Waals surface area contributed by atoms with Crippen LogP contribution in [0.3, 0.4) is 0 Å². The Bertz CT molecular complexity index is 967. The average Bonchev–Trinajstić information content (AvgIpc) is 2.92. The summed E-state index contributed by atoms with van der Waals surface area (Å²) in [5.41, 5.74) is 14.6. The van der Waals surface area contributed by atoms with Crippen molar-refractivity contribution in [2.75, 3.05) is 5.43 Å². The second kappa shape index (κ2) is 5.73. The average molecular weight is 318 g/mol. The molecular formula is C18H18N6. The number of aromatic amines is 1. The van der Waals surface area contributed by atoms with Gasteiger partial charge in [0.05, 0.1) is 6.21 Å². The minimum atomic E-state index is 0.537. The van der Waals surface area contributed by atoms with Crippen molar-refractivity contribution in [2.45, 2.75) is 13.8 Å². The highest BCUT2D eigenvalue weighted by Gasteiger charge is 2.16. The van der Waals surface area contributed by atoms with Crippen molar-refractivity contribution in [3.05, 3.63) is 59.2 Å². The van der Waals surface area contributed by atoms with E-state index >= 15 is 0 Å². The van der Waals surface area contributed by atoms with Crippen LogP contribution in [0.15, 0.2) is 52.6 Å². The Morgan fingerprint density at radius 1 is 1.04 bits per heavy atom. The predicted molar refractivity (Wildman–Crippen MR) is 98.8 cm³/mol. The van der Waals surface area contributed by atoms with E-state index in [1.807, 2.05) is 12.1 Å². The maximum Gasteiger partial charge on any atom is 0.237 e. The monoisotopic (exact) mass is 318 g/mol. The number of guanidine groups is 1. The van der Waals surface area contributed by atoms with E-state index in [2.05, 4.69) is 75.5 Å². The van der Waals surface area contributed by atoms with Gasteiger partial charge < -0.3 is 4.98 Å². The number of aliphatic imine (C=N–C) groups is 1. The number of aromatic nitrogens is 1. The van der Waals surface area contributed by atoms with Crippen LogP contribution in [-0.4, -0.2) is 17.2 Å². The van der Waals surface area contributed by atoms with Gasteiger partial charge >= 0.3 is 0 Å². The van der Waals surface area contributed by atoms with E-state index in [0.29, 0.717) is 5.96 Å². The van der Waals surface area contributed by atoms with Gasteiger partial charge in [0, 0.05) is 10.9 Å². The summed E-state index contributed by atoms with van der Waals surface area (Å²) in [4.78, 5) is 7.83. The molecule has 0 saturated heterocycles. The molecule has 1 aliphatic rings. The molecule has 120 valence electrons. The van der Waals surface area contributed by atoms with Crippen LogP contribution in [-0.2, 0) is 0 Å². The molecule has 0 bridgehead atoms. The summed E-state index contributed by atoms with van der Waals surface area (Å²) >= 11 is 0. The van der Waals surface area contributed by atoms with Gasteiger partial charge in [0.1, 0.15) is 5.69 Å². The van der Waals surface area contributed by atoms with Crippen molar-refractivity contribution in [2.24, 2.45) is 10.1 Å². The number of aryl methyl sites for hydroxylation is 2. The smallest absolute Gasteiger partial charge is 0.237 e. The molecule has 24 heavy (non-hydrogen) atoms. The van der Waals surface area contributed by atoms with Gasteiger partial charge in [-0.2, -0.15) is 10.1 Å². The molecule has 0 spiro atoms. The number of hydrazone groups is 1. The van der Waals surface area contributed by atoms with Gasteiger partial charge in [-0.3, -0.25) is 10.9 Å². The van der Waals surface area contributed by atoms with Crippen LogP contribution in [0.25, 0.3) is 10.9 Å². The molecule has 0 aliphatic carbocycles. The van der Waals surface area contributed by atoms with Gasteiger partial charge in [0.15, 0.2) is 5.82 Å². The van der Waals surface area contributed by atoms with E-state index in [1.165, 1.54) is 11.1 Å². The third-order valence-corrected chi connectivity index (χ3v) is 3.89. The van der Waals surface area contributed by atoms with Gasteiger partial charge in [-0.1, -0.05) is 41.5 Å². The topological polar surface area (TPSA) is 76.6 Å². The maximum absolute atomic E-state index is 4.52. The molecule has 4 rings (SSSR count). The normalized spacial score (nSPS) is 13.3. The third kappa shape index (κ3) is 2.69. The number of H-pyrrole nitrogens is 1. The highest BCUT2D eigenvalue weighted by molar-refractivity contribution is 6.03. The Labute approximate surface area is 139 Å². The van der Waals surface area contributed by atoms with Crippen molar-refractivity contribution in [1.29, 1.82) is 0 Å². The fraction of sp³-hybridized carbons (Fsp3) is 0.111. The Morgan fingerprint density at radius 3 is 2.79 bits per heavy atom. The number of fused-ring (bicyclic) bond motifs is 3. The SMILES string of the molecule is Cc1cccc(/C=N/NC2=Nc3[nH]c4ccc(C)cc4c3NN2)c1. The van der Waals surface area contributed by atoms with Crippen molar-refractivity contribution in [3.8, 4) is 0 Å². The largest absolute Gasteiger partial charge is 0.338 e.